The van der Waals surface area contributed by atoms with Crippen LogP contribution in [0, 0.1) is 0 Å². The molecule has 0 spiro atoms. The molecule has 0 radical (unpaired) electrons. The SMILES string of the molecule is Nc1cc(S(=O)(=O)O)cc2cc(S(=O)(=O)O)c(N=Nc3ccc(S(=O)(=O)O)c(Cl)c3O)c(O)c12. The van der Waals surface area contributed by atoms with Gasteiger partial charge in [-0.25, -0.2) is 0 Å². The number of anilines is 1. The molecule has 182 valence electrons. The van der Waals surface area contributed by atoms with Gasteiger partial charge in [0, 0.05) is 11.1 Å². The zero-order valence-corrected chi connectivity index (χ0v) is 19.4. The number of benzene rings is 3. The van der Waals surface area contributed by atoms with Crippen LogP contribution in [-0.2, 0) is 30.4 Å². The highest BCUT2D eigenvalue weighted by Crippen LogP contribution is 2.45. The summed E-state index contributed by atoms with van der Waals surface area (Å²) in [5.74, 6) is -1.96. The second kappa shape index (κ2) is 8.31. The van der Waals surface area contributed by atoms with Crippen LogP contribution in [0.15, 0.2) is 55.2 Å². The summed E-state index contributed by atoms with van der Waals surface area (Å²) in [6.45, 7) is 0. The molecule has 0 aliphatic heterocycles. The monoisotopic (exact) mass is 553 g/mol. The molecule has 3 aromatic carbocycles. The van der Waals surface area contributed by atoms with Crippen LogP contribution in [0.25, 0.3) is 10.8 Å². The standard InChI is InChI=1S/C16H12ClN3O11S3/c17-13-10(33(26,27)28)2-1-9(15(13)21)19-20-14-11(34(29,30)31)4-6-3-7(32(23,24)25)5-8(18)12(6)16(14)22/h1-5,21-22H,18H2,(H,23,24,25)(H,26,27,28)(H,29,30,31). The fourth-order valence-electron chi connectivity index (χ4n) is 2.85. The van der Waals surface area contributed by atoms with Crippen molar-refractivity contribution in [3.8, 4) is 11.5 Å². The van der Waals surface area contributed by atoms with E-state index in [0.717, 1.165) is 24.3 Å². The number of nitrogens with zero attached hydrogens (tertiary/aromatic N) is 2. The highest BCUT2D eigenvalue weighted by Gasteiger charge is 2.25. The zero-order chi connectivity index (χ0) is 25.8. The van der Waals surface area contributed by atoms with Crippen LogP contribution in [0.3, 0.4) is 0 Å². The minimum Gasteiger partial charge on any atom is -0.505 e. The van der Waals surface area contributed by atoms with E-state index >= 15 is 0 Å². The first-order valence-electron chi connectivity index (χ1n) is 8.37. The lowest BCUT2D eigenvalue weighted by Crippen LogP contribution is -2.02. The number of aromatic hydroxyl groups is 2. The normalized spacial score (nSPS) is 13.1. The van der Waals surface area contributed by atoms with E-state index in [1.165, 1.54) is 0 Å². The van der Waals surface area contributed by atoms with E-state index in [0.29, 0.717) is 6.07 Å². The number of nitrogen functional groups attached to an aromatic ring is 1. The average Bonchev–Trinajstić information content (AvgIpc) is 2.67. The van der Waals surface area contributed by atoms with Crippen molar-refractivity contribution >= 4 is 69.8 Å². The Kier molecular flexibility index (Phi) is 6.25. The van der Waals surface area contributed by atoms with Gasteiger partial charge in [-0.05, 0) is 35.7 Å². The second-order valence-electron chi connectivity index (χ2n) is 6.55. The third-order valence-electron chi connectivity index (χ3n) is 4.32. The van der Waals surface area contributed by atoms with Crippen molar-refractivity contribution in [2.75, 3.05) is 5.73 Å². The fraction of sp³-hybridized carbons (Fsp3) is 0. The Hall–Kier alpha value is -3.06. The van der Waals surface area contributed by atoms with E-state index < -0.39 is 78.6 Å². The van der Waals surface area contributed by atoms with Gasteiger partial charge in [0.1, 0.15) is 26.2 Å². The lowest BCUT2D eigenvalue weighted by Gasteiger charge is -2.12. The first-order valence-corrected chi connectivity index (χ1v) is 13.1. The molecular formula is C16H12ClN3O11S3. The van der Waals surface area contributed by atoms with Crippen molar-refractivity contribution in [2.24, 2.45) is 10.2 Å². The molecule has 0 unspecified atom stereocenters. The summed E-state index contributed by atoms with van der Waals surface area (Å²) in [6.07, 6.45) is 0. The van der Waals surface area contributed by atoms with Gasteiger partial charge in [-0.1, -0.05) is 11.6 Å². The van der Waals surface area contributed by atoms with Gasteiger partial charge in [0.05, 0.1) is 4.90 Å². The molecule has 0 saturated carbocycles. The van der Waals surface area contributed by atoms with E-state index in [4.69, 9.17) is 21.9 Å². The maximum absolute atomic E-state index is 11.9. The van der Waals surface area contributed by atoms with Crippen molar-refractivity contribution in [2.45, 2.75) is 14.7 Å². The molecule has 7 N–H and O–H groups in total. The summed E-state index contributed by atoms with van der Waals surface area (Å²) >= 11 is 5.69. The molecule has 18 heteroatoms. The van der Waals surface area contributed by atoms with Crippen LogP contribution in [0.4, 0.5) is 17.1 Å². The largest absolute Gasteiger partial charge is 0.505 e. The van der Waals surface area contributed by atoms with Gasteiger partial charge in [-0.15, -0.1) is 10.2 Å². The molecule has 0 atom stereocenters. The van der Waals surface area contributed by atoms with Crippen LogP contribution in [0.5, 0.6) is 11.5 Å². The smallest absolute Gasteiger partial charge is 0.296 e. The molecule has 0 aromatic heterocycles. The molecule has 3 aromatic rings. The minimum atomic E-state index is -5.12. The molecule has 0 fully saturated rings. The predicted molar refractivity (Wildman–Crippen MR) is 117 cm³/mol. The first kappa shape index (κ1) is 25.6. The van der Waals surface area contributed by atoms with Crippen molar-refractivity contribution in [3.63, 3.8) is 0 Å². The summed E-state index contributed by atoms with van der Waals surface area (Å²) < 4.78 is 97.0. The van der Waals surface area contributed by atoms with Crippen molar-refractivity contribution in [3.05, 3.63) is 35.4 Å². The van der Waals surface area contributed by atoms with Gasteiger partial charge in [-0.2, -0.15) is 25.3 Å². The van der Waals surface area contributed by atoms with Crippen LogP contribution in [0.2, 0.25) is 5.02 Å². The molecule has 0 aliphatic rings. The number of phenolic OH excluding ortho intramolecular Hbond substituents is 2. The molecule has 3 rings (SSSR count). The van der Waals surface area contributed by atoms with Crippen LogP contribution in [0.1, 0.15) is 0 Å². The molecule has 0 heterocycles. The Morgan fingerprint density at radius 2 is 1.35 bits per heavy atom. The molecule has 14 nitrogen and oxygen atoms in total. The summed E-state index contributed by atoms with van der Waals surface area (Å²) in [5.41, 5.74) is 3.88. The number of azo groups is 1. The molecule has 0 aliphatic carbocycles. The maximum atomic E-state index is 11.9. The first-order chi connectivity index (χ1) is 15.4. The molecular weight excluding hydrogens is 542 g/mol. The fourth-order valence-corrected chi connectivity index (χ4v) is 5.08. The lowest BCUT2D eigenvalue weighted by atomic mass is 10.1. The molecule has 0 bridgehead atoms. The van der Waals surface area contributed by atoms with E-state index in [1.54, 1.807) is 0 Å². The zero-order valence-electron chi connectivity index (χ0n) is 16.1. The van der Waals surface area contributed by atoms with Gasteiger partial charge in [0.15, 0.2) is 11.5 Å². The molecule has 0 amide bonds. The Balaban J connectivity index is 2.31. The van der Waals surface area contributed by atoms with Gasteiger partial charge >= 0.3 is 0 Å². The van der Waals surface area contributed by atoms with Gasteiger partial charge in [0.2, 0.25) is 0 Å². The van der Waals surface area contributed by atoms with Gasteiger partial charge < -0.3 is 15.9 Å². The van der Waals surface area contributed by atoms with Gasteiger partial charge in [0.25, 0.3) is 30.4 Å². The van der Waals surface area contributed by atoms with Crippen molar-refractivity contribution in [1.82, 2.24) is 0 Å². The average molecular weight is 554 g/mol. The maximum Gasteiger partial charge on any atom is 0.296 e. The summed E-state index contributed by atoms with van der Waals surface area (Å²) in [4.78, 5) is -2.65. The summed E-state index contributed by atoms with van der Waals surface area (Å²) in [5, 5.41) is 26.1. The van der Waals surface area contributed by atoms with Gasteiger partial charge in [-0.3, -0.25) is 13.7 Å². The van der Waals surface area contributed by atoms with E-state index in [9.17, 15) is 44.6 Å². The Bertz CT molecular complexity index is 1720. The van der Waals surface area contributed by atoms with Crippen LogP contribution >= 0.6 is 11.6 Å². The summed E-state index contributed by atoms with van der Waals surface area (Å²) in [6, 6.07) is 3.83. The lowest BCUT2D eigenvalue weighted by molar-refractivity contribution is 0.467. The Morgan fingerprint density at radius 3 is 1.88 bits per heavy atom. The number of fused-ring (bicyclic) bond motifs is 1. The summed E-state index contributed by atoms with van der Waals surface area (Å²) in [7, 11) is -14.7. The quantitative estimate of drug-likeness (QED) is 0.151. The van der Waals surface area contributed by atoms with Crippen LogP contribution in [-0.4, -0.2) is 49.1 Å². The van der Waals surface area contributed by atoms with Crippen molar-refractivity contribution < 1.29 is 49.1 Å². The number of rotatable bonds is 5. The topological polar surface area (TPSA) is 254 Å². The second-order valence-corrected chi connectivity index (χ2v) is 11.1. The van der Waals surface area contributed by atoms with Crippen molar-refractivity contribution in [1.29, 1.82) is 0 Å². The highest BCUT2D eigenvalue weighted by atomic mass is 35.5. The third kappa shape index (κ3) is 4.75. The number of nitrogens with two attached hydrogens (primary N) is 1. The Labute approximate surface area is 196 Å². The highest BCUT2D eigenvalue weighted by molar-refractivity contribution is 7.86. The number of hydrogen-bond donors (Lipinski definition) is 6. The predicted octanol–water partition coefficient (Wildman–Crippen LogP) is 2.64. The Morgan fingerprint density at radius 1 is 0.765 bits per heavy atom. The number of phenols is 2. The number of hydrogen-bond acceptors (Lipinski definition) is 11. The third-order valence-corrected chi connectivity index (χ3v) is 7.41. The molecule has 0 saturated heterocycles. The minimum absolute atomic E-state index is 0.319. The van der Waals surface area contributed by atoms with E-state index in [1.807, 2.05) is 0 Å². The van der Waals surface area contributed by atoms with E-state index in [2.05, 4.69) is 10.2 Å². The van der Waals surface area contributed by atoms with Crippen LogP contribution < -0.4 is 5.73 Å². The molecule has 34 heavy (non-hydrogen) atoms. The number of halogens is 1. The van der Waals surface area contributed by atoms with E-state index in [-0.39, 0.29) is 10.8 Å².